The normalized spacial score (nSPS) is 21.7. The third kappa shape index (κ3) is 4.66. The molecule has 0 bridgehead atoms. The van der Waals surface area contributed by atoms with Crippen LogP contribution >= 0.6 is 12.4 Å². The molecule has 1 aromatic rings. The zero-order valence-electron chi connectivity index (χ0n) is 12.4. The third-order valence-electron chi connectivity index (χ3n) is 3.80. The molecule has 3 N–H and O–H groups in total. The molecule has 1 saturated heterocycles. The fourth-order valence-corrected chi connectivity index (χ4v) is 2.53. The number of nitro groups is 1. The molecule has 0 spiro atoms. The summed E-state index contributed by atoms with van der Waals surface area (Å²) in [6.45, 7) is 3.83. The number of anilines is 1. The molecule has 22 heavy (non-hydrogen) atoms. The molecule has 7 nitrogen and oxygen atoms in total. The number of para-hydroxylation sites is 2. The zero-order valence-corrected chi connectivity index (χ0v) is 13.2. The molecule has 0 aliphatic carbocycles. The van der Waals surface area contributed by atoms with Gasteiger partial charge in [-0.3, -0.25) is 19.8 Å². The van der Waals surface area contributed by atoms with Crippen LogP contribution in [0.15, 0.2) is 24.3 Å². The van der Waals surface area contributed by atoms with E-state index in [1.165, 1.54) is 12.1 Å². The van der Waals surface area contributed by atoms with Gasteiger partial charge < -0.3 is 11.1 Å². The van der Waals surface area contributed by atoms with Crippen LogP contribution in [0.2, 0.25) is 0 Å². The lowest BCUT2D eigenvalue weighted by Gasteiger charge is -2.34. The number of nitro benzene ring substituents is 1. The summed E-state index contributed by atoms with van der Waals surface area (Å²) in [6.07, 6.45) is 0.861. The van der Waals surface area contributed by atoms with E-state index in [4.69, 9.17) is 5.73 Å². The summed E-state index contributed by atoms with van der Waals surface area (Å²) in [7, 11) is 0. The van der Waals surface area contributed by atoms with Crippen molar-refractivity contribution in [3.63, 3.8) is 0 Å². The Labute approximate surface area is 135 Å². The van der Waals surface area contributed by atoms with E-state index < -0.39 is 4.92 Å². The van der Waals surface area contributed by atoms with Gasteiger partial charge in [0.15, 0.2) is 0 Å². The van der Waals surface area contributed by atoms with E-state index >= 15 is 0 Å². The molecule has 1 fully saturated rings. The van der Waals surface area contributed by atoms with Crippen LogP contribution in [-0.2, 0) is 4.79 Å². The van der Waals surface area contributed by atoms with E-state index in [9.17, 15) is 14.9 Å². The number of halogens is 1. The second-order valence-electron chi connectivity index (χ2n) is 5.49. The fourth-order valence-electron chi connectivity index (χ4n) is 2.53. The van der Waals surface area contributed by atoms with Crippen molar-refractivity contribution in [1.29, 1.82) is 0 Å². The Kier molecular flexibility index (Phi) is 6.73. The Morgan fingerprint density at radius 3 is 2.82 bits per heavy atom. The predicted octanol–water partition coefficient (Wildman–Crippen LogP) is 1.62. The number of likely N-dealkylation sites (tertiary alicyclic amines) is 1. The monoisotopic (exact) mass is 328 g/mol. The number of nitrogens with zero attached hydrogens (tertiary/aromatic N) is 2. The number of carbonyl (C=O) groups excluding carboxylic acids is 1. The maximum atomic E-state index is 12.0. The number of nitrogens with one attached hydrogen (secondary N) is 1. The summed E-state index contributed by atoms with van der Waals surface area (Å²) >= 11 is 0. The molecular formula is C14H21ClN4O3. The first-order valence-electron chi connectivity index (χ1n) is 6.98. The lowest BCUT2D eigenvalue weighted by Crippen LogP contribution is -2.48. The van der Waals surface area contributed by atoms with Crippen LogP contribution in [-0.4, -0.2) is 41.4 Å². The van der Waals surface area contributed by atoms with Gasteiger partial charge in [0, 0.05) is 25.2 Å². The van der Waals surface area contributed by atoms with Crippen LogP contribution < -0.4 is 11.1 Å². The fraction of sp³-hybridized carbons (Fsp3) is 0.500. The Bertz CT molecular complexity index is 541. The van der Waals surface area contributed by atoms with Crippen LogP contribution in [0.25, 0.3) is 0 Å². The number of carbonyl (C=O) groups is 1. The van der Waals surface area contributed by atoms with Gasteiger partial charge in [0.2, 0.25) is 5.91 Å². The molecule has 1 aromatic carbocycles. The number of hydrogen-bond donors (Lipinski definition) is 2. The number of piperidine rings is 1. The van der Waals surface area contributed by atoms with Gasteiger partial charge >= 0.3 is 0 Å². The topological polar surface area (TPSA) is 102 Å². The molecule has 2 atom stereocenters. The molecule has 1 aliphatic heterocycles. The second-order valence-corrected chi connectivity index (χ2v) is 5.49. The maximum Gasteiger partial charge on any atom is 0.292 e. The van der Waals surface area contributed by atoms with Gasteiger partial charge in [-0.15, -0.1) is 12.4 Å². The Balaban J connectivity index is 0.00000242. The summed E-state index contributed by atoms with van der Waals surface area (Å²) in [4.78, 5) is 24.5. The summed E-state index contributed by atoms with van der Waals surface area (Å²) in [5.41, 5.74) is 6.08. The molecule has 1 aliphatic rings. The highest BCUT2D eigenvalue weighted by Crippen LogP contribution is 2.23. The first-order chi connectivity index (χ1) is 9.97. The van der Waals surface area contributed by atoms with Gasteiger partial charge in [-0.1, -0.05) is 19.1 Å². The largest absolute Gasteiger partial charge is 0.327 e. The number of amides is 1. The highest BCUT2D eigenvalue weighted by atomic mass is 35.5. The maximum absolute atomic E-state index is 12.0. The highest BCUT2D eigenvalue weighted by molar-refractivity contribution is 5.94. The van der Waals surface area contributed by atoms with Crippen LogP contribution in [0.1, 0.15) is 13.3 Å². The lowest BCUT2D eigenvalue weighted by molar-refractivity contribution is -0.383. The van der Waals surface area contributed by atoms with Crippen molar-refractivity contribution in [3.8, 4) is 0 Å². The van der Waals surface area contributed by atoms with Crippen LogP contribution in [0.4, 0.5) is 11.4 Å². The molecule has 1 heterocycles. The molecule has 122 valence electrons. The minimum Gasteiger partial charge on any atom is -0.327 e. The summed E-state index contributed by atoms with van der Waals surface area (Å²) in [5, 5.41) is 13.5. The van der Waals surface area contributed by atoms with Gasteiger partial charge in [0.05, 0.1) is 11.5 Å². The van der Waals surface area contributed by atoms with Crippen LogP contribution in [0.5, 0.6) is 0 Å². The van der Waals surface area contributed by atoms with E-state index in [0.29, 0.717) is 5.92 Å². The number of rotatable bonds is 4. The van der Waals surface area contributed by atoms with Gasteiger partial charge in [0.25, 0.3) is 5.69 Å². The van der Waals surface area contributed by atoms with E-state index in [1.54, 1.807) is 12.1 Å². The average molecular weight is 329 g/mol. The Morgan fingerprint density at radius 1 is 1.50 bits per heavy atom. The summed E-state index contributed by atoms with van der Waals surface area (Å²) < 4.78 is 0. The third-order valence-corrected chi connectivity index (χ3v) is 3.80. The molecule has 1 amide bonds. The van der Waals surface area contributed by atoms with Crippen molar-refractivity contribution in [2.75, 3.05) is 25.0 Å². The molecule has 0 saturated carbocycles. The molecule has 8 heteroatoms. The summed E-state index contributed by atoms with van der Waals surface area (Å²) in [5.74, 6) is 0.101. The van der Waals surface area contributed by atoms with Gasteiger partial charge in [-0.25, -0.2) is 0 Å². The smallest absolute Gasteiger partial charge is 0.292 e. The Morgan fingerprint density at radius 2 is 2.18 bits per heavy atom. The van der Waals surface area contributed by atoms with Gasteiger partial charge in [0.1, 0.15) is 5.69 Å². The predicted molar refractivity (Wildman–Crippen MR) is 87.2 cm³/mol. The van der Waals surface area contributed by atoms with Crippen molar-refractivity contribution >= 4 is 29.7 Å². The van der Waals surface area contributed by atoms with Crippen LogP contribution in [0.3, 0.4) is 0 Å². The molecule has 0 radical (unpaired) electrons. The Hall–Kier alpha value is -1.70. The zero-order chi connectivity index (χ0) is 15.4. The SMILES string of the molecule is CC1CN(CC(=O)Nc2ccccc2[N+](=O)[O-])CCC1N.Cl. The van der Waals surface area contributed by atoms with E-state index in [-0.39, 0.29) is 42.3 Å². The average Bonchev–Trinajstić information content (AvgIpc) is 2.43. The second kappa shape index (κ2) is 8.07. The van der Waals surface area contributed by atoms with Crippen molar-refractivity contribution in [1.82, 2.24) is 4.90 Å². The van der Waals surface area contributed by atoms with Crippen molar-refractivity contribution in [2.24, 2.45) is 11.7 Å². The molecular weight excluding hydrogens is 308 g/mol. The van der Waals surface area contributed by atoms with E-state index in [0.717, 1.165) is 19.5 Å². The number of benzene rings is 1. The molecule has 2 rings (SSSR count). The first kappa shape index (κ1) is 18.3. The van der Waals surface area contributed by atoms with E-state index in [1.807, 2.05) is 4.90 Å². The van der Waals surface area contributed by atoms with Crippen molar-refractivity contribution in [2.45, 2.75) is 19.4 Å². The minimum atomic E-state index is -0.502. The quantitative estimate of drug-likeness (QED) is 0.646. The highest BCUT2D eigenvalue weighted by Gasteiger charge is 2.24. The standard InChI is InChI=1S/C14H20N4O3.ClH/c1-10-8-17(7-6-11(10)15)9-14(19)16-12-4-2-3-5-13(12)18(20)21;/h2-5,10-11H,6-9,15H2,1H3,(H,16,19);1H. The molecule has 0 aromatic heterocycles. The van der Waals surface area contributed by atoms with E-state index in [2.05, 4.69) is 12.2 Å². The first-order valence-corrected chi connectivity index (χ1v) is 6.98. The molecule has 2 unspecified atom stereocenters. The van der Waals surface area contributed by atoms with Gasteiger partial charge in [-0.2, -0.15) is 0 Å². The lowest BCUT2D eigenvalue weighted by atomic mass is 9.95. The minimum absolute atomic E-state index is 0. The summed E-state index contributed by atoms with van der Waals surface area (Å²) in [6, 6.07) is 6.31. The van der Waals surface area contributed by atoms with Crippen molar-refractivity contribution < 1.29 is 9.72 Å². The van der Waals surface area contributed by atoms with Crippen LogP contribution in [0, 0.1) is 16.0 Å². The van der Waals surface area contributed by atoms with Crippen molar-refractivity contribution in [3.05, 3.63) is 34.4 Å². The van der Waals surface area contributed by atoms with Gasteiger partial charge in [-0.05, 0) is 18.4 Å². The number of nitrogens with two attached hydrogens (primary N) is 1. The number of hydrogen-bond acceptors (Lipinski definition) is 5.